The topological polar surface area (TPSA) is 338 Å². The van der Waals surface area contributed by atoms with Crippen molar-refractivity contribution in [1.82, 2.24) is 5.32 Å². The predicted octanol–water partition coefficient (Wildman–Crippen LogP) is -2.70. The van der Waals surface area contributed by atoms with E-state index in [0.29, 0.717) is 54.3 Å². The van der Waals surface area contributed by atoms with Gasteiger partial charge in [0.05, 0.1) is 38.6 Å². The van der Waals surface area contributed by atoms with Crippen molar-refractivity contribution in [3.05, 3.63) is 0 Å². The summed E-state index contributed by atoms with van der Waals surface area (Å²) in [6.07, 6.45) is -22.1. The van der Waals surface area contributed by atoms with E-state index in [9.17, 15) is 61.3 Å². The number of fused-ring (bicyclic) bond motifs is 7. The van der Waals surface area contributed by atoms with Crippen LogP contribution in [0.1, 0.15) is 91.9 Å². The summed E-state index contributed by atoms with van der Waals surface area (Å²) in [7, 11) is 0. The van der Waals surface area contributed by atoms with Crippen molar-refractivity contribution in [3.8, 4) is 0 Å². The van der Waals surface area contributed by atoms with E-state index in [1.54, 1.807) is 0 Å². The molecule has 6 aliphatic heterocycles. The molecular formula is C50H83NO21. The van der Waals surface area contributed by atoms with Gasteiger partial charge in [0.25, 0.3) is 0 Å². The van der Waals surface area contributed by atoms with Gasteiger partial charge >= 0.3 is 0 Å². The minimum atomic E-state index is -1.95. The number of hydrogen-bond acceptors (Lipinski definition) is 22. The van der Waals surface area contributed by atoms with Crippen LogP contribution < -0.4 is 5.32 Å². The number of aliphatic hydroxyl groups is 12. The molecule has 0 bridgehead atoms. The summed E-state index contributed by atoms with van der Waals surface area (Å²) in [6.45, 7) is 7.93. The number of hydrogen-bond donors (Lipinski definition) is 13. The minimum Gasteiger partial charge on any atom is -0.394 e. The van der Waals surface area contributed by atoms with Crippen LogP contribution in [-0.2, 0) is 42.6 Å². The lowest BCUT2D eigenvalue weighted by Gasteiger charge is -2.61. The van der Waals surface area contributed by atoms with Crippen molar-refractivity contribution in [2.45, 2.75) is 227 Å². The first-order chi connectivity index (χ1) is 34.3. The number of ether oxygens (including phenoxy) is 9. The number of aliphatic hydroxyl groups excluding tert-OH is 12. The molecule has 4 aliphatic carbocycles. The van der Waals surface area contributed by atoms with Crippen LogP contribution in [0.4, 0.5) is 0 Å². The second-order valence-corrected chi connectivity index (χ2v) is 24.0. The molecule has 10 rings (SSSR count). The van der Waals surface area contributed by atoms with E-state index in [1.807, 2.05) is 0 Å². The molecule has 10 aliphatic rings. The molecule has 0 aromatic heterocycles. The van der Waals surface area contributed by atoms with Gasteiger partial charge in [-0.2, -0.15) is 0 Å². The molecule has 22 heteroatoms. The highest BCUT2D eigenvalue weighted by Crippen LogP contribution is 2.71. The maximum Gasteiger partial charge on any atom is 0.187 e. The van der Waals surface area contributed by atoms with Crippen LogP contribution in [0.5, 0.6) is 0 Å². The van der Waals surface area contributed by atoms with Gasteiger partial charge in [-0.3, -0.25) is 5.32 Å². The van der Waals surface area contributed by atoms with Gasteiger partial charge < -0.3 is 104 Å². The summed E-state index contributed by atoms with van der Waals surface area (Å²) >= 11 is 0. The second kappa shape index (κ2) is 21.1. The standard InChI is InChI=1S/C50H83NO21/c1-20-7-12-50(51-15-20)21(2)32-28(72-50)14-26-24-6-5-22-13-23(8-10-48(22,3)25(24)9-11-49(26,32)4)65-47-43(71-45-38(61)36(59)34(57)29(16-52)66-45)39(62)41(31(18-54)68-47)69-46-40(63)42(35(58)30(17-53)67-46)70-44-37(60)33(56)27(55)19-64-44/h20-47,51-63H,5-19H2,1-4H3/t20-,21-,22-,23-,24+,25-,26-,27+,28-,29+,30+,31+,32-,33-,34+,35+,36-,37+,38+,39-,40+,41-,42-,43+,44-,45-,46-,47+,48-,49-,50-/m0/s1. The Balaban J connectivity index is 0.847. The van der Waals surface area contributed by atoms with Crippen LogP contribution in [0.15, 0.2) is 0 Å². The van der Waals surface area contributed by atoms with E-state index in [4.69, 9.17) is 42.6 Å². The fourth-order valence-corrected chi connectivity index (χ4v) is 16.1. The van der Waals surface area contributed by atoms with Crippen molar-refractivity contribution in [1.29, 1.82) is 0 Å². The third-order valence-corrected chi connectivity index (χ3v) is 20.2. The summed E-state index contributed by atoms with van der Waals surface area (Å²) in [6, 6.07) is 0. The number of piperidine rings is 1. The van der Waals surface area contributed by atoms with Crippen molar-refractivity contribution in [2.24, 2.45) is 52.3 Å². The van der Waals surface area contributed by atoms with E-state index in [2.05, 4.69) is 33.0 Å². The molecule has 10 fully saturated rings. The molecule has 31 atom stereocenters. The maximum absolute atomic E-state index is 12.3. The van der Waals surface area contributed by atoms with Crippen LogP contribution in [0.3, 0.4) is 0 Å². The SMILES string of the molecule is C[C@H]1CC[C@]2(NC1)O[C@H]1C[C@H]3[C@@H]4CC[C@H]5C[C@@H](O[C@@H]6O[C@H](CO)[C@H](O[C@@H]7O[C@H](CO)[C@@H](O)[C@H](O[C@@H]8OC[C@@H](O)[C@H](O)[C@H]8O)[C@H]7O)[C@H](O)[C@H]6O[C@@H]6O[C@H](CO)[C@@H](O)[C@H](O)[C@H]6O)CC[C@]5(C)[C@H]4CC[C@]3(C)[C@H]1[C@@H]2C. The quantitative estimate of drug-likeness (QED) is 0.0937. The van der Waals surface area contributed by atoms with Gasteiger partial charge in [0.15, 0.2) is 25.2 Å². The fourth-order valence-electron chi connectivity index (χ4n) is 16.1. The molecule has 0 aromatic rings. The number of rotatable bonds is 11. The Morgan fingerprint density at radius 2 is 1.18 bits per heavy atom. The molecule has 72 heavy (non-hydrogen) atoms. The first-order valence-electron chi connectivity index (χ1n) is 26.8. The summed E-state index contributed by atoms with van der Waals surface area (Å²) in [5, 5.41) is 133. The van der Waals surface area contributed by atoms with Gasteiger partial charge in [-0.1, -0.05) is 27.7 Å². The highest BCUT2D eigenvalue weighted by Gasteiger charge is 2.69. The van der Waals surface area contributed by atoms with E-state index in [-0.39, 0.29) is 22.7 Å². The zero-order valence-electron chi connectivity index (χ0n) is 41.8. The molecular weight excluding hydrogens is 951 g/mol. The van der Waals surface area contributed by atoms with Gasteiger partial charge in [0.1, 0.15) is 97.3 Å². The Kier molecular flexibility index (Phi) is 15.9. The second-order valence-electron chi connectivity index (χ2n) is 24.0. The molecule has 6 saturated heterocycles. The van der Waals surface area contributed by atoms with Gasteiger partial charge in [-0.05, 0) is 111 Å². The molecule has 22 nitrogen and oxygen atoms in total. The van der Waals surface area contributed by atoms with Crippen LogP contribution >= 0.6 is 0 Å². The summed E-state index contributed by atoms with van der Waals surface area (Å²) in [5.74, 6) is 3.64. The van der Waals surface area contributed by atoms with Crippen LogP contribution in [0.2, 0.25) is 0 Å². The smallest absolute Gasteiger partial charge is 0.187 e. The van der Waals surface area contributed by atoms with Gasteiger partial charge in [-0.25, -0.2) is 0 Å². The normalized spacial score (nSPS) is 57.8. The van der Waals surface area contributed by atoms with E-state index >= 15 is 0 Å². The molecule has 1 spiro atoms. The van der Waals surface area contributed by atoms with Gasteiger partial charge in [0, 0.05) is 12.5 Å². The molecule has 414 valence electrons. The Bertz CT molecular complexity index is 1830. The zero-order valence-corrected chi connectivity index (χ0v) is 41.8. The Morgan fingerprint density at radius 3 is 1.88 bits per heavy atom. The lowest BCUT2D eigenvalue weighted by atomic mass is 9.44. The third kappa shape index (κ3) is 9.26. The Morgan fingerprint density at radius 1 is 0.542 bits per heavy atom. The number of nitrogens with one attached hydrogen (secondary N) is 1. The van der Waals surface area contributed by atoms with E-state index in [1.165, 1.54) is 12.8 Å². The van der Waals surface area contributed by atoms with Gasteiger partial charge in [0.2, 0.25) is 0 Å². The van der Waals surface area contributed by atoms with Crippen molar-refractivity contribution < 1.29 is 104 Å². The van der Waals surface area contributed by atoms with Gasteiger partial charge in [-0.15, -0.1) is 0 Å². The molecule has 0 radical (unpaired) electrons. The molecule has 4 saturated carbocycles. The summed E-state index contributed by atoms with van der Waals surface area (Å²) in [5.41, 5.74) is 0.0457. The zero-order chi connectivity index (χ0) is 51.3. The average Bonchev–Trinajstić information content (AvgIpc) is 3.81. The molecule has 0 unspecified atom stereocenters. The summed E-state index contributed by atoms with van der Waals surface area (Å²) < 4.78 is 55.1. The van der Waals surface area contributed by atoms with Crippen molar-refractivity contribution in [2.75, 3.05) is 33.0 Å². The predicted molar refractivity (Wildman–Crippen MR) is 244 cm³/mol. The van der Waals surface area contributed by atoms with Crippen LogP contribution in [0, 0.1) is 52.3 Å². The van der Waals surface area contributed by atoms with E-state index < -0.39 is 149 Å². The average molecular weight is 1030 g/mol. The lowest BCUT2D eigenvalue weighted by Crippen LogP contribution is -2.67. The highest BCUT2D eigenvalue weighted by molar-refractivity contribution is 5.16. The maximum atomic E-state index is 12.3. The molecule has 0 aromatic carbocycles. The van der Waals surface area contributed by atoms with Crippen LogP contribution in [-0.4, -0.2) is 229 Å². The third-order valence-electron chi connectivity index (χ3n) is 20.2. The summed E-state index contributed by atoms with van der Waals surface area (Å²) in [4.78, 5) is 0. The first-order valence-corrected chi connectivity index (χ1v) is 26.8. The fraction of sp³-hybridized carbons (Fsp3) is 1.00. The first kappa shape index (κ1) is 54.5. The molecule has 6 heterocycles. The monoisotopic (exact) mass is 1030 g/mol. The molecule has 0 amide bonds. The Labute approximate surface area is 420 Å². The van der Waals surface area contributed by atoms with Crippen molar-refractivity contribution in [3.63, 3.8) is 0 Å². The van der Waals surface area contributed by atoms with Crippen molar-refractivity contribution >= 4 is 0 Å². The lowest BCUT2D eigenvalue weighted by molar-refractivity contribution is -0.396. The van der Waals surface area contributed by atoms with E-state index in [0.717, 1.165) is 45.1 Å². The highest BCUT2D eigenvalue weighted by atomic mass is 16.8. The van der Waals surface area contributed by atoms with Crippen LogP contribution in [0.25, 0.3) is 0 Å². The molecule has 13 N–H and O–H groups in total. The Hall–Kier alpha value is -0.880. The minimum absolute atomic E-state index is 0.0486. The largest absolute Gasteiger partial charge is 0.394 e.